The zero-order valence-electron chi connectivity index (χ0n) is 17.3. The van der Waals surface area contributed by atoms with Crippen LogP contribution in [-0.2, 0) is 13.1 Å². The van der Waals surface area contributed by atoms with E-state index >= 15 is 0 Å². The minimum Gasteiger partial charge on any atom is -0.395 e. The Bertz CT molecular complexity index is 1230. The number of aromatic nitrogens is 4. The van der Waals surface area contributed by atoms with Crippen LogP contribution in [0.25, 0.3) is 10.2 Å². The minimum absolute atomic E-state index is 0.0394. The Balaban J connectivity index is 1.81. The van der Waals surface area contributed by atoms with Gasteiger partial charge < -0.3 is 5.11 Å². The number of benzene rings is 1. The third kappa shape index (κ3) is 4.32. The van der Waals surface area contributed by atoms with Crippen LogP contribution in [0.4, 0.5) is 5.69 Å². The fourth-order valence-electron chi connectivity index (χ4n) is 4.09. The molecule has 160 valence electrons. The average molecular weight is 430 g/mol. The lowest BCUT2D eigenvalue weighted by Crippen LogP contribution is -2.51. The summed E-state index contributed by atoms with van der Waals surface area (Å²) in [6.45, 7) is 4.41. The van der Waals surface area contributed by atoms with Gasteiger partial charge in [0.1, 0.15) is 0 Å². The van der Waals surface area contributed by atoms with Gasteiger partial charge in [0.05, 0.1) is 34.1 Å². The van der Waals surface area contributed by atoms with E-state index in [2.05, 4.69) is 21.9 Å². The van der Waals surface area contributed by atoms with Gasteiger partial charge in [0, 0.05) is 6.54 Å². The molecule has 4 rings (SSSR count). The van der Waals surface area contributed by atoms with Gasteiger partial charge in [-0.25, -0.2) is 24.1 Å². The monoisotopic (exact) mass is 429 g/mol. The van der Waals surface area contributed by atoms with Crippen LogP contribution < -0.4 is 17.0 Å². The normalized spacial score (nSPS) is 20.2. The SMILES string of the molecule is Cc1nc2ccc(/N=c3\[nH]c(=O)n(CCO)c(=O)n3CC3CCC(C)CC3)cc2s1. The maximum atomic E-state index is 13.1. The molecule has 8 nitrogen and oxygen atoms in total. The van der Waals surface area contributed by atoms with Gasteiger partial charge in [0.2, 0.25) is 5.62 Å². The number of nitrogens with zero attached hydrogens (tertiary/aromatic N) is 4. The van der Waals surface area contributed by atoms with Gasteiger partial charge in [-0.05, 0) is 49.8 Å². The molecule has 0 radical (unpaired) electrons. The maximum absolute atomic E-state index is 13.1. The van der Waals surface area contributed by atoms with Crippen LogP contribution in [0, 0.1) is 18.8 Å². The van der Waals surface area contributed by atoms with Gasteiger partial charge in [0.25, 0.3) is 0 Å². The van der Waals surface area contributed by atoms with Gasteiger partial charge >= 0.3 is 11.4 Å². The van der Waals surface area contributed by atoms with Crippen LogP contribution in [0.5, 0.6) is 0 Å². The molecule has 9 heteroatoms. The van der Waals surface area contributed by atoms with Gasteiger partial charge in [-0.2, -0.15) is 0 Å². The Morgan fingerprint density at radius 2 is 2.00 bits per heavy atom. The highest BCUT2D eigenvalue weighted by atomic mass is 32.1. The number of aromatic amines is 1. The zero-order chi connectivity index (χ0) is 21.3. The van der Waals surface area contributed by atoms with Crippen molar-refractivity contribution >= 4 is 27.2 Å². The number of aryl methyl sites for hydroxylation is 1. The summed E-state index contributed by atoms with van der Waals surface area (Å²) in [6, 6.07) is 5.66. The third-order valence-corrected chi connectivity index (χ3v) is 6.73. The lowest BCUT2D eigenvalue weighted by molar-refractivity contribution is 0.247. The Hall–Kier alpha value is -2.52. The van der Waals surface area contributed by atoms with E-state index in [1.807, 2.05) is 25.1 Å². The zero-order valence-corrected chi connectivity index (χ0v) is 18.1. The predicted molar refractivity (Wildman–Crippen MR) is 117 cm³/mol. The molecule has 1 aromatic carbocycles. The Labute approximate surface area is 177 Å². The summed E-state index contributed by atoms with van der Waals surface area (Å²) >= 11 is 1.58. The number of nitrogens with one attached hydrogen (secondary N) is 1. The van der Waals surface area contributed by atoms with E-state index < -0.39 is 11.4 Å². The topological polar surface area (TPSA) is 105 Å². The second-order valence-electron chi connectivity index (χ2n) is 8.14. The number of hydrogen-bond acceptors (Lipinski definition) is 6. The summed E-state index contributed by atoms with van der Waals surface area (Å²) < 4.78 is 3.61. The molecular formula is C21H27N5O3S. The molecule has 0 aliphatic heterocycles. The fraction of sp³-hybridized carbons (Fsp3) is 0.524. The molecule has 0 unspecified atom stereocenters. The first-order valence-electron chi connectivity index (χ1n) is 10.4. The number of aliphatic hydroxyl groups is 1. The van der Waals surface area contributed by atoms with Crippen LogP contribution in [0.15, 0.2) is 32.8 Å². The van der Waals surface area contributed by atoms with Gasteiger partial charge in [-0.3, -0.25) is 9.55 Å². The fourth-order valence-corrected chi connectivity index (χ4v) is 4.95. The first-order valence-corrected chi connectivity index (χ1v) is 11.2. The molecule has 30 heavy (non-hydrogen) atoms. The molecule has 2 aromatic heterocycles. The lowest BCUT2D eigenvalue weighted by atomic mass is 9.83. The summed E-state index contributed by atoms with van der Waals surface area (Å²) in [4.78, 5) is 37.4. The quantitative estimate of drug-likeness (QED) is 0.649. The van der Waals surface area contributed by atoms with E-state index in [-0.39, 0.29) is 18.8 Å². The minimum atomic E-state index is -0.559. The van der Waals surface area contributed by atoms with Crippen molar-refractivity contribution in [1.82, 2.24) is 19.1 Å². The predicted octanol–water partition coefficient (Wildman–Crippen LogP) is 2.31. The second-order valence-corrected chi connectivity index (χ2v) is 9.38. The number of thiazole rings is 1. The van der Waals surface area contributed by atoms with Gasteiger partial charge in [-0.15, -0.1) is 11.3 Å². The number of H-pyrrole nitrogens is 1. The summed E-state index contributed by atoms with van der Waals surface area (Å²) in [5.74, 6) is 1.08. The number of aliphatic hydroxyl groups excluding tert-OH is 1. The molecule has 0 atom stereocenters. The van der Waals surface area contributed by atoms with Gasteiger partial charge in [-0.1, -0.05) is 19.8 Å². The lowest BCUT2D eigenvalue weighted by Gasteiger charge is -2.26. The third-order valence-electron chi connectivity index (χ3n) is 5.80. The molecule has 2 N–H and O–H groups in total. The van der Waals surface area contributed by atoms with Crippen LogP contribution >= 0.6 is 11.3 Å². The molecule has 0 amide bonds. The summed E-state index contributed by atoms with van der Waals surface area (Å²) in [7, 11) is 0. The Morgan fingerprint density at radius 1 is 1.23 bits per heavy atom. The largest absolute Gasteiger partial charge is 0.395 e. The van der Waals surface area contributed by atoms with E-state index in [4.69, 9.17) is 0 Å². The van der Waals surface area contributed by atoms with Crippen LogP contribution in [-0.4, -0.2) is 30.8 Å². The summed E-state index contributed by atoms with van der Waals surface area (Å²) in [6.07, 6.45) is 4.40. The molecule has 1 aliphatic rings. The highest BCUT2D eigenvalue weighted by molar-refractivity contribution is 7.18. The van der Waals surface area contributed by atoms with Crippen molar-refractivity contribution in [2.24, 2.45) is 16.8 Å². The highest BCUT2D eigenvalue weighted by Crippen LogP contribution is 2.29. The Morgan fingerprint density at radius 3 is 2.73 bits per heavy atom. The van der Waals surface area contributed by atoms with Crippen LogP contribution in [0.3, 0.4) is 0 Å². The second kappa shape index (κ2) is 8.69. The molecule has 3 aromatic rings. The average Bonchev–Trinajstić information content (AvgIpc) is 3.09. The van der Waals surface area contributed by atoms with E-state index in [9.17, 15) is 14.7 Å². The van der Waals surface area contributed by atoms with Gasteiger partial charge in [0.15, 0.2) is 0 Å². The molecular weight excluding hydrogens is 402 g/mol. The number of hydrogen-bond donors (Lipinski definition) is 2. The maximum Gasteiger partial charge on any atom is 0.335 e. The summed E-state index contributed by atoms with van der Waals surface area (Å²) in [5.41, 5.74) is 0.828. The first kappa shape index (κ1) is 20.7. The van der Waals surface area contributed by atoms with Crippen molar-refractivity contribution in [2.75, 3.05) is 6.61 Å². The molecule has 1 aliphatic carbocycles. The standard InChI is InChI=1S/C21H27N5O3S/c1-13-3-5-15(6-4-13)12-26-19(24-20(28)25(9-10-27)21(26)29)23-16-7-8-17-18(11-16)30-14(2)22-17/h7-8,11,13,15,27H,3-6,9-10,12H2,1-2H3,(H,23,24,28). The molecule has 0 saturated heterocycles. The van der Waals surface area contributed by atoms with Crippen molar-refractivity contribution in [3.8, 4) is 0 Å². The van der Waals surface area contributed by atoms with Crippen LogP contribution in [0.1, 0.15) is 37.6 Å². The summed E-state index contributed by atoms with van der Waals surface area (Å²) in [5, 5.41) is 10.2. The highest BCUT2D eigenvalue weighted by Gasteiger charge is 2.20. The van der Waals surface area contributed by atoms with E-state index in [0.29, 0.717) is 24.1 Å². The van der Waals surface area contributed by atoms with Crippen molar-refractivity contribution in [3.63, 3.8) is 0 Å². The molecule has 0 bridgehead atoms. The molecule has 1 saturated carbocycles. The van der Waals surface area contributed by atoms with E-state index in [1.165, 1.54) is 0 Å². The molecule has 1 fully saturated rings. The van der Waals surface area contributed by atoms with Crippen molar-refractivity contribution in [2.45, 2.75) is 52.6 Å². The molecule has 0 spiro atoms. The molecule has 2 heterocycles. The van der Waals surface area contributed by atoms with Crippen molar-refractivity contribution < 1.29 is 5.11 Å². The van der Waals surface area contributed by atoms with E-state index in [1.54, 1.807) is 15.9 Å². The van der Waals surface area contributed by atoms with E-state index in [0.717, 1.165) is 45.5 Å². The van der Waals surface area contributed by atoms with Crippen molar-refractivity contribution in [1.29, 1.82) is 0 Å². The smallest absolute Gasteiger partial charge is 0.335 e. The number of fused-ring (bicyclic) bond motifs is 1. The number of rotatable bonds is 5. The first-order chi connectivity index (χ1) is 14.4. The van der Waals surface area contributed by atoms with Crippen LogP contribution in [0.2, 0.25) is 0 Å². The van der Waals surface area contributed by atoms with Crippen molar-refractivity contribution in [3.05, 3.63) is 49.8 Å². The Kier molecular flexibility index (Phi) is 6.01.